The third-order valence-electron chi connectivity index (χ3n) is 3.56. The minimum atomic E-state index is -0.231. The molecule has 1 aliphatic heterocycles. The largest absolute Gasteiger partial charge is 0.446 e. The quantitative estimate of drug-likeness (QED) is 0.892. The number of amides is 1. The number of hydrogen-bond acceptors (Lipinski definition) is 4. The van der Waals surface area contributed by atoms with Gasteiger partial charge < -0.3 is 15.1 Å². The number of oxazole rings is 1. The van der Waals surface area contributed by atoms with Gasteiger partial charge in [0.1, 0.15) is 6.26 Å². The van der Waals surface area contributed by atoms with Gasteiger partial charge in [0.25, 0.3) is 5.91 Å². The molecule has 1 aromatic heterocycles. The van der Waals surface area contributed by atoms with Crippen LogP contribution in [-0.2, 0) is 0 Å². The lowest BCUT2D eigenvalue weighted by Crippen LogP contribution is -2.42. The van der Waals surface area contributed by atoms with E-state index < -0.39 is 0 Å². The van der Waals surface area contributed by atoms with Gasteiger partial charge in [0.15, 0.2) is 5.69 Å². The highest BCUT2D eigenvalue weighted by Gasteiger charge is 2.26. The molecule has 0 aromatic carbocycles. The Morgan fingerprint density at radius 2 is 2.44 bits per heavy atom. The number of piperidine rings is 1. The monoisotopic (exact) mass is 251 g/mol. The van der Waals surface area contributed by atoms with Crippen molar-refractivity contribution in [3.8, 4) is 0 Å². The minimum absolute atomic E-state index is 0.0412. The summed E-state index contributed by atoms with van der Waals surface area (Å²) in [4.78, 5) is 18.4. The van der Waals surface area contributed by atoms with Crippen LogP contribution in [0.5, 0.6) is 0 Å². The molecule has 5 heteroatoms. The smallest absolute Gasteiger partial charge is 0.276 e. The fourth-order valence-electron chi connectivity index (χ4n) is 2.28. The molecule has 0 bridgehead atoms. The number of hydrogen-bond donors (Lipinski definition) is 1. The first-order valence-electron chi connectivity index (χ1n) is 6.65. The van der Waals surface area contributed by atoms with E-state index in [0.717, 1.165) is 25.8 Å². The van der Waals surface area contributed by atoms with Crippen molar-refractivity contribution in [1.29, 1.82) is 0 Å². The number of rotatable bonds is 3. The van der Waals surface area contributed by atoms with Crippen molar-refractivity contribution in [1.82, 2.24) is 9.88 Å². The average Bonchev–Trinajstić information content (AvgIpc) is 2.87. The van der Waals surface area contributed by atoms with Gasteiger partial charge in [-0.15, -0.1) is 0 Å². The summed E-state index contributed by atoms with van der Waals surface area (Å²) in [5.74, 6) is 0.408. The molecule has 0 aliphatic carbocycles. The van der Waals surface area contributed by atoms with Crippen LogP contribution in [0.1, 0.15) is 62.0 Å². The Morgan fingerprint density at radius 1 is 1.67 bits per heavy atom. The first-order valence-corrected chi connectivity index (χ1v) is 6.65. The number of carbonyl (C=O) groups excluding carboxylic acids is 1. The molecule has 18 heavy (non-hydrogen) atoms. The molecule has 1 aliphatic rings. The molecule has 2 unspecified atom stereocenters. The summed E-state index contributed by atoms with van der Waals surface area (Å²) >= 11 is 0. The van der Waals surface area contributed by atoms with Crippen LogP contribution in [-0.4, -0.2) is 28.4 Å². The number of carbonyl (C=O) groups is 1. The van der Waals surface area contributed by atoms with Gasteiger partial charge in [0.2, 0.25) is 5.89 Å². The van der Waals surface area contributed by atoms with Crippen LogP contribution in [0.4, 0.5) is 0 Å². The Bertz CT molecular complexity index is 416. The topological polar surface area (TPSA) is 72.4 Å². The van der Waals surface area contributed by atoms with E-state index in [1.165, 1.54) is 12.7 Å². The summed E-state index contributed by atoms with van der Waals surface area (Å²) in [5, 5.41) is 0. The van der Waals surface area contributed by atoms with Crippen molar-refractivity contribution in [3.63, 3.8) is 0 Å². The lowest BCUT2D eigenvalue weighted by molar-refractivity contribution is 0.0629. The summed E-state index contributed by atoms with van der Waals surface area (Å²) in [6.45, 7) is 4.85. The molecule has 2 atom stereocenters. The van der Waals surface area contributed by atoms with Gasteiger partial charge in [-0.25, -0.2) is 4.98 Å². The summed E-state index contributed by atoms with van der Waals surface area (Å²) in [6, 6.07) is 0.0524. The van der Waals surface area contributed by atoms with Gasteiger partial charge >= 0.3 is 0 Å². The van der Waals surface area contributed by atoms with Gasteiger partial charge in [-0.1, -0.05) is 6.92 Å². The van der Waals surface area contributed by atoms with Crippen molar-refractivity contribution in [2.45, 2.75) is 51.6 Å². The van der Waals surface area contributed by atoms with Crippen molar-refractivity contribution < 1.29 is 9.21 Å². The molecular weight excluding hydrogens is 230 g/mol. The van der Waals surface area contributed by atoms with Crippen LogP contribution in [0.15, 0.2) is 10.7 Å². The second-order valence-corrected chi connectivity index (χ2v) is 4.93. The number of nitrogens with two attached hydrogens (primary N) is 1. The van der Waals surface area contributed by atoms with Gasteiger partial charge in [0, 0.05) is 12.6 Å². The molecule has 0 radical (unpaired) electrons. The number of aromatic nitrogens is 1. The Hall–Kier alpha value is -1.36. The van der Waals surface area contributed by atoms with E-state index in [9.17, 15) is 4.79 Å². The van der Waals surface area contributed by atoms with Crippen LogP contribution in [0.3, 0.4) is 0 Å². The van der Waals surface area contributed by atoms with E-state index in [1.807, 2.05) is 11.8 Å². The molecular formula is C13H21N3O2. The maximum atomic E-state index is 12.3. The second-order valence-electron chi connectivity index (χ2n) is 4.93. The molecule has 2 rings (SSSR count). The number of nitrogens with zero attached hydrogens (tertiary/aromatic N) is 2. The molecule has 0 saturated carbocycles. The summed E-state index contributed by atoms with van der Waals surface area (Å²) in [5.41, 5.74) is 6.21. The van der Waals surface area contributed by atoms with Crippen LogP contribution in [0.25, 0.3) is 0 Å². The van der Waals surface area contributed by atoms with Gasteiger partial charge in [0.05, 0.1) is 6.04 Å². The highest BCUT2D eigenvalue weighted by Crippen LogP contribution is 2.20. The van der Waals surface area contributed by atoms with E-state index in [2.05, 4.69) is 11.9 Å². The van der Waals surface area contributed by atoms with Crippen molar-refractivity contribution in [3.05, 3.63) is 17.8 Å². The van der Waals surface area contributed by atoms with Crippen molar-refractivity contribution in [2.75, 3.05) is 6.54 Å². The third-order valence-corrected chi connectivity index (χ3v) is 3.56. The van der Waals surface area contributed by atoms with E-state index in [0.29, 0.717) is 11.6 Å². The molecule has 2 N–H and O–H groups in total. The molecule has 1 saturated heterocycles. The Kier molecular flexibility index (Phi) is 4.01. The average molecular weight is 251 g/mol. The zero-order valence-electron chi connectivity index (χ0n) is 11.1. The first kappa shape index (κ1) is 13.1. The van der Waals surface area contributed by atoms with Crippen LogP contribution in [0.2, 0.25) is 0 Å². The Morgan fingerprint density at radius 3 is 3.11 bits per heavy atom. The van der Waals surface area contributed by atoms with E-state index in [4.69, 9.17) is 10.2 Å². The fourth-order valence-corrected chi connectivity index (χ4v) is 2.28. The lowest BCUT2D eigenvalue weighted by Gasteiger charge is -2.32. The van der Waals surface area contributed by atoms with E-state index in [-0.39, 0.29) is 18.0 Å². The van der Waals surface area contributed by atoms with Crippen molar-refractivity contribution in [2.24, 2.45) is 5.73 Å². The van der Waals surface area contributed by atoms with Crippen molar-refractivity contribution >= 4 is 5.91 Å². The minimum Gasteiger partial charge on any atom is -0.446 e. The van der Waals surface area contributed by atoms with Crippen LogP contribution < -0.4 is 5.73 Å². The fraction of sp³-hybridized carbons (Fsp3) is 0.692. The van der Waals surface area contributed by atoms with Gasteiger partial charge in [-0.2, -0.15) is 0 Å². The summed E-state index contributed by atoms with van der Waals surface area (Å²) < 4.78 is 5.28. The SMILES string of the molecule is CCC(N)c1nc(C(=O)N2CCCCC2C)co1. The molecule has 5 nitrogen and oxygen atoms in total. The highest BCUT2D eigenvalue weighted by atomic mass is 16.3. The van der Waals surface area contributed by atoms with E-state index >= 15 is 0 Å². The predicted octanol–water partition coefficient (Wildman–Crippen LogP) is 2.10. The molecule has 1 aromatic rings. The maximum Gasteiger partial charge on any atom is 0.276 e. The second kappa shape index (κ2) is 5.52. The summed E-state index contributed by atoms with van der Waals surface area (Å²) in [6.07, 6.45) is 5.48. The molecule has 100 valence electrons. The lowest BCUT2D eigenvalue weighted by atomic mass is 10.0. The zero-order valence-corrected chi connectivity index (χ0v) is 11.1. The van der Waals surface area contributed by atoms with E-state index in [1.54, 1.807) is 0 Å². The summed E-state index contributed by atoms with van der Waals surface area (Å²) in [7, 11) is 0. The molecule has 2 heterocycles. The Balaban J connectivity index is 2.10. The predicted molar refractivity (Wildman–Crippen MR) is 68.1 cm³/mol. The normalized spacial score (nSPS) is 21.9. The van der Waals surface area contributed by atoms with Gasteiger partial charge in [-0.3, -0.25) is 4.79 Å². The maximum absolute atomic E-state index is 12.3. The Labute approximate surface area is 107 Å². The molecule has 0 spiro atoms. The van der Waals surface area contributed by atoms with Crippen LogP contribution >= 0.6 is 0 Å². The zero-order chi connectivity index (χ0) is 13.1. The number of likely N-dealkylation sites (tertiary alicyclic amines) is 1. The van der Waals surface area contributed by atoms with Crippen LogP contribution in [0, 0.1) is 0 Å². The standard InChI is InChI=1S/C13H21N3O2/c1-3-10(14)12-15-11(8-18-12)13(17)16-7-5-4-6-9(16)2/h8-10H,3-7,14H2,1-2H3. The third kappa shape index (κ3) is 2.56. The first-order chi connectivity index (χ1) is 8.63. The van der Waals surface area contributed by atoms with Gasteiger partial charge in [-0.05, 0) is 32.6 Å². The highest BCUT2D eigenvalue weighted by molar-refractivity contribution is 5.92. The molecule has 1 amide bonds. The molecule has 1 fully saturated rings.